The molecule has 12 heteroatoms. The summed E-state index contributed by atoms with van der Waals surface area (Å²) in [5.41, 5.74) is 8.15. The summed E-state index contributed by atoms with van der Waals surface area (Å²) in [6.07, 6.45) is 11.0. The summed E-state index contributed by atoms with van der Waals surface area (Å²) in [5.74, 6) is 7.97. The number of rotatable bonds is 8. The predicted octanol–water partition coefficient (Wildman–Crippen LogP) is 6.28. The summed E-state index contributed by atoms with van der Waals surface area (Å²) in [6, 6.07) is 8.98. The van der Waals surface area contributed by atoms with Gasteiger partial charge in [-0.25, -0.2) is 4.98 Å². The number of hydrazone groups is 1. The molecule has 0 bridgehead atoms. The maximum Gasteiger partial charge on any atom is 0.150 e. The molecule has 3 aliphatic rings. The van der Waals surface area contributed by atoms with Gasteiger partial charge in [-0.2, -0.15) is 5.10 Å². The number of halogens is 3. The first-order valence-electron chi connectivity index (χ1n) is 14.1. The highest BCUT2D eigenvalue weighted by Crippen LogP contribution is 2.46. The number of benzene rings is 1. The van der Waals surface area contributed by atoms with Crippen LogP contribution in [0.3, 0.4) is 0 Å². The van der Waals surface area contributed by atoms with Gasteiger partial charge in [-0.1, -0.05) is 58.2 Å². The Morgan fingerprint density at radius 1 is 1.16 bits per heavy atom. The zero-order valence-electron chi connectivity index (χ0n) is 23.3. The molecule has 9 nitrogen and oxygen atoms in total. The summed E-state index contributed by atoms with van der Waals surface area (Å²) in [5, 5.41) is 21.0. The highest BCUT2D eigenvalue weighted by molar-refractivity contribution is 6.42. The Morgan fingerprint density at radius 2 is 1.95 bits per heavy atom. The number of allylic oxidation sites excluding steroid dienone is 6. The Hall–Kier alpha value is -3.50. The first-order chi connectivity index (χ1) is 20.8. The first-order valence-corrected chi connectivity index (χ1v) is 15.2. The van der Waals surface area contributed by atoms with Gasteiger partial charge >= 0.3 is 0 Å². The topological polar surface area (TPSA) is 136 Å². The number of nitrogens with two attached hydrogens (primary N) is 2. The lowest BCUT2D eigenvalue weighted by molar-refractivity contribution is 0.0117. The Morgan fingerprint density at radius 3 is 2.67 bits per heavy atom. The molecule has 2 aliphatic carbocycles. The molecule has 43 heavy (non-hydrogen) atoms. The van der Waals surface area contributed by atoms with Crippen molar-refractivity contribution in [2.24, 2.45) is 16.7 Å². The minimum absolute atomic E-state index is 0.201. The minimum atomic E-state index is -1.10. The first kappa shape index (κ1) is 29.6. The second kappa shape index (κ2) is 12.2. The normalized spacial score (nSPS) is 18.9. The average Bonchev–Trinajstić information content (AvgIpc) is 3.80. The van der Waals surface area contributed by atoms with E-state index in [4.69, 9.17) is 55.6 Å². The number of nitrogens with zero attached hydrogens (tertiary/aromatic N) is 4. The number of aliphatic hydroxyl groups is 1. The van der Waals surface area contributed by atoms with Crippen LogP contribution >= 0.6 is 34.8 Å². The maximum atomic E-state index is 11.6. The maximum absolute atomic E-state index is 11.6. The Kier molecular flexibility index (Phi) is 8.42. The molecule has 0 radical (unpaired) electrons. The van der Waals surface area contributed by atoms with E-state index in [-0.39, 0.29) is 12.4 Å². The number of anilines is 1. The third-order valence-corrected chi connectivity index (χ3v) is 9.07. The highest BCUT2D eigenvalue weighted by Gasteiger charge is 2.37. The fraction of sp³-hybridized carbons (Fsp3) is 0.323. The van der Waals surface area contributed by atoms with Gasteiger partial charge in [0.1, 0.15) is 35.5 Å². The molecule has 1 saturated heterocycles. The zero-order valence-corrected chi connectivity index (χ0v) is 25.5. The van der Waals surface area contributed by atoms with Crippen molar-refractivity contribution >= 4 is 52.0 Å². The van der Waals surface area contributed by atoms with Crippen LogP contribution in [0.1, 0.15) is 66.2 Å². The van der Waals surface area contributed by atoms with Crippen LogP contribution in [-0.4, -0.2) is 34.2 Å². The predicted molar refractivity (Wildman–Crippen MR) is 169 cm³/mol. The van der Waals surface area contributed by atoms with E-state index in [9.17, 15) is 5.11 Å². The van der Waals surface area contributed by atoms with Gasteiger partial charge in [0, 0.05) is 46.9 Å². The molecule has 6 rings (SSSR count). The second-order valence-corrected chi connectivity index (χ2v) is 12.1. The summed E-state index contributed by atoms with van der Waals surface area (Å²) in [4.78, 5) is 6.55. The molecule has 1 saturated carbocycles. The van der Waals surface area contributed by atoms with Gasteiger partial charge in [0.2, 0.25) is 0 Å². The number of aromatic nitrogens is 2. The van der Waals surface area contributed by atoms with Gasteiger partial charge in [-0.05, 0) is 62.4 Å². The van der Waals surface area contributed by atoms with Crippen molar-refractivity contribution in [2.45, 2.75) is 50.2 Å². The van der Waals surface area contributed by atoms with Crippen molar-refractivity contribution in [3.05, 3.63) is 98.0 Å². The minimum Gasteiger partial charge on any atom is -0.489 e. The molecule has 224 valence electrons. The van der Waals surface area contributed by atoms with Crippen LogP contribution in [-0.2, 0) is 12.2 Å². The van der Waals surface area contributed by atoms with E-state index in [0.29, 0.717) is 81.5 Å². The molecule has 0 unspecified atom stereocenters. The molecule has 1 aromatic carbocycles. The molecule has 5 N–H and O–H groups in total. The quantitative estimate of drug-likeness (QED) is 0.113. The third-order valence-electron chi connectivity index (χ3n) is 8.10. The average molecular weight is 642 g/mol. The lowest BCUT2D eigenvalue weighted by Crippen LogP contribution is -2.43. The van der Waals surface area contributed by atoms with E-state index >= 15 is 0 Å². The van der Waals surface area contributed by atoms with Crippen LogP contribution in [0.15, 0.2) is 74.4 Å². The van der Waals surface area contributed by atoms with Crippen LogP contribution < -0.4 is 21.2 Å². The molecule has 2 fully saturated rings. The van der Waals surface area contributed by atoms with Crippen molar-refractivity contribution in [1.29, 1.82) is 0 Å². The van der Waals surface area contributed by atoms with Gasteiger partial charge in [-0.15, -0.1) is 0 Å². The summed E-state index contributed by atoms with van der Waals surface area (Å²) in [6.45, 7) is 1.35. The molecule has 2 aromatic heterocycles. The van der Waals surface area contributed by atoms with Gasteiger partial charge < -0.3 is 30.8 Å². The molecule has 3 aromatic rings. The second-order valence-electron chi connectivity index (χ2n) is 10.9. The fourth-order valence-corrected chi connectivity index (χ4v) is 6.47. The van der Waals surface area contributed by atoms with Gasteiger partial charge in [0.25, 0.3) is 0 Å². The lowest BCUT2D eigenvalue weighted by Gasteiger charge is -2.39. The number of pyridine rings is 1. The number of hydrogen-bond acceptors (Lipinski definition) is 8. The molecule has 0 spiro atoms. The van der Waals surface area contributed by atoms with Crippen LogP contribution in [0.2, 0.25) is 5.02 Å². The van der Waals surface area contributed by atoms with Crippen LogP contribution in [0.25, 0.3) is 5.57 Å². The Balaban J connectivity index is 1.17. The van der Waals surface area contributed by atoms with E-state index in [2.05, 4.69) is 20.1 Å². The molecule has 1 aliphatic heterocycles. The van der Waals surface area contributed by atoms with Crippen molar-refractivity contribution in [2.75, 3.05) is 18.0 Å². The summed E-state index contributed by atoms with van der Waals surface area (Å²) in [7, 11) is 0. The lowest BCUT2D eigenvalue weighted by atomic mass is 9.84. The van der Waals surface area contributed by atoms with Crippen LogP contribution in [0.4, 0.5) is 5.82 Å². The Labute approximate surface area is 264 Å². The number of amidine groups is 1. The van der Waals surface area contributed by atoms with Crippen molar-refractivity contribution < 1.29 is 14.4 Å². The van der Waals surface area contributed by atoms with Crippen LogP contribution in [0, 0.1) is 0 Å². The smallest absolute Gasteiger partial charge is 0.150 e. The van der Waals surface area contributed by atoms with Gasteiger partial charge in [-0.3, -0.25) is 0 Å². The zero-order chi connectivity index (χ0) is 30.1. The fourth-order valence-electron chi connectivity index (χ4n) is 5.51. The summed E-state index contributed by atoms with van der Waals surface area (Å²) < 4.78 is 12.0. The van der Waals surface area contributed by atoms with E-state index in [1.807, 2.05) is 36.4 Å². The third kappa shape index (κ3) is 6.13. The number of hydrogen-bond donors (Lipinski definition) is 3. The van der Waals surface area contributed by atoms with E-state index in [1.54, 1.807) is 18.3 Å². The van der Waals surface area contributed by atoms with Crippen molar-refractivity contribution in [1.82, 2.24) is 10.1 Å². The van der Waals surface area contributed by atoms with E-state index < -0.39 is 5.60 Å². The molecule has 0 amide bonds. The molecule has 0 atom stereocenters. The number of ether oxygens (including phenoxy) is 1. The van der Waals surface area contributed by atoms with Crippen LogP contribution in [0.5, 0.6) is 5.75 Å². The van der Waals surface area contributed by atoms with E-state index in [0.717, 1.165) is 30.0 Å². The molecule has 3 heterocycles. The van der Waals surface area contributed by atoms with Gasteiger partial charge in [0.05, 0.1) is 21.2 Å². The Bertz CT molecular complexity index is 1650. The largest absolute Gasteiger partial charge is 0.489 e. The monoisotopic (exact) mass is 640 g/mol. The van der Waals surface area contributed by atoms with E-state index in [1.165, 1.54) is 0 Å². The SMILES string of the molecule is N/N=C(\N)c1ccnc(N2CCC(O)(c3ccc(OCc4c(C5=C(Cl)C=CCC=C5Cl)noc4C4CC4)cc3Cl)CC2)c1. The standard InChI is InChI=1S/C31H31Cl3N6O3/c32-23-3-1-2-4-24(33)27(23)28-21(29(43-39-28)18-5-6-18)17-42-20-7-8-22(25(34)16-20)31(41)10-13-40(14-11-31)26-15-19(9-12-37-26)30(35)38-36/h1,3-4,7-9,12,15-16,18,41H,2,5-6,10-11,13-14,17,36H2,(H2,35,38). The molecular formula is C31H31Cl3N6O3. The van der Waals surface area contributed by atoms with Crippen molar-refractivity contribution in [3.8, 4) is 5.75 Å². The number of piperidine rings is 1. The van der Waals surface area contributed by atoms with Crippen molar-refractivity contribution in [3.63, 3.8) is 0 Å². The highest BCUT2D eigenvalue weighted by atomic mass is 35.5. The van der Waals surface area contributed by atoms with Gasteiger partial charge in [0.15, 0.2) is 0 Å². The molecular weight excluding hydrogens is 611 g/mol. The summed E-state index contributed by atoms with van der Waals surface area (Å²) >= 11 is 19.9.